The quantitative estimate of drug-likeness (QED) is 0.880. The first-order chi connectivity index (χ1) is 11.0. The van der Waals surface area contributed by atoms with E-state index in [2.05, 4.69) is 13.8 Å². The fraction of sp³-hybridized carbons (Fsp3) is 0.611. The Labute approximate surface area is 141 Å². The van der Waals surface area contributed by atoms with Crippen molar-refractivity contribution in [3.63, 3.8) is 0 Å². The zero-order chi connectivity index (χ0) is 16.6. The van der Waals surface area contributed by atoms with Gasteiger partial charge < -0.3 is 14.6 Å². The first-order valence-corrected chi connectivity index (χ1v) is 8.71. The highest BCUT2D eigenvalue weighted by atomic mass is 35.5. The Hall–Kier alpha value is -1.42. The van der Waals surface area contributed by atoms with Gasteiger partial charge in [0.2, 0.25) is 0 Å². The predicted molar refractivity (Wildman–Crippen MR) is 88.9 cm³/mol. The Kier molecular flexibility index (Phi) is 4.45. The minimum absolute atomic E-state index is 0.134. The van der Waals surface area contributed by atoms with Gasteiger partial charge in [-0.2, -0.15) is 0 Å². The van der Waals surface area contributed by atoms with Crippen molar-refractivity contribution in [2.24, 2.45) is 0 Å². The zero-order valence-electron chi connectivity index (χ0n) is 13.7. The molecule has 0 atom stereocenters. The van der Waals surface area contributed by atoms with Crippen molar-refractivity contribution in [2.45, 2.75) is 57.3 Å². The highest BCUT2D eigenvalue weighted by Crippen LogP contribution is 2.51. The number of carboxylic acid groups (broad SMARTS) is 1. The van der Waals surface area contributed by atoms with Crippen LogP contribution in [0.25, 0.3) is 0 Å². The minimum atomic E-state index is -0.853. The molecular formula is C18H23ClO4. The molecule has 0 radical (unpaired) electrons. The van der Waals surface area contributed by atoms with Gasteiger partial charge in [0, 0.05) is 12.0 Å². The van der Waals surface area contributed by atoms with Gasteiger partial charge in [0.25, 0.3) is 0 Å². The van der Waals surface area contributed by atoms with Crippen LogP contribution in [0.3, 0.4) is 0 Å². The van der Waals surface area contributed by atoms with Gasteiger partial charge in [0.1, 0.15) is 0 Å². The molecule has 2 aliphatic rings. The van der Waals surface area contributed by atoms with E-state index >= 15 is 0 Å². The summed E-state index contributed by atoms with van der Waals surface area (Å²) >= 11 is 6.44. The second-order valence-corrected chi connectivity index (χ2v) is 7.18. The van der Waals surface area contributed by atoms with Crippen molar-refractivity contribution in [3.8, 4) is 11.5 Å². The van der Waals surface area contributed by atoms with Gasteiger partial charge in [0.15, 0.2) is 11.5 Å². The normalized spacial score (nSPS) is 19.7. The highest BCUT2D eigenvalue weighted by Gasteiger charge is 2.46. The molecule has 126 valence electrons. The number of halogens is 1. The number of aliphatic carboxylic acids is 1. The van der Waals surface area contributed by atoms with Gasteiger partial charge in [0.05, 0.1) is 23.7 Å². The van der Waals surface area contributed by atoms with Crippen LogP contribution >= 0.6 is 11.6 Å². The molecule has 0 spiro atoms. The molecule has 0 amide bonds. The maximum absolute atomic E-state index is 12.1. The first kappa shape index (κ1) is 16.4. The van der Waals surface area contributed by atoms with E-state index in [0.29, 0.717) is 42.6 Å². The molecule has 1 aromatic rings. The number of carbonyl (C=O) groups is 1. The molecule has 0 saturated heterocycles. The first-order valence-electron chi connectivity index (χ1n) is 8.33. The number of hydrogen-bond donors (Lipinski definition) is 1. The molecule has 1 aliphatic carbocycles. The number of rotatable bonds is 3. The van der Waals surface area contributed by atoms with Crippen LogP contribution in [0, 0.1) is 0 Å². The lowest BCUT2D eigenvalue weighted by Gasteiger charge is -2.30. The summed E-state index contributed by atoms with van der Waals surface area (Å²) in [4.78, 5) is 12.1. The lowest BCUT2D eigenvalue weighted by atomic mass is 9.74. The average Bonchev–Trinajstić information content (AvgIpc) is 2.87. The molecule has 1 aliphatic heterocycles. The van der Waals surface area contributed by atoms with Gasteiger partial charge in [-0.15, -0.1) is 0 Å². The van der Waals surface area contributed by atoms with Gasteiger partial charge in [-0.05, 0) is 30.4 Å². The molecule has 1 aromatic carbocycles. The van der Waals surface area contributed by atoms with E-state index in [0.717, 1.165) is 30.4 Å². The average molecular weight is 339 g/mol. The Bertz CT molecular complexity index is 618. The largest absolute Gasteiger partial charge is 0.489 e. The molecule has 23 heavy (non-hydrogen) atoms. The van der Waals surface area contributed by atoms with Crippen molar-refractivity contribution in [2.75, 3.05) is 13.2 Å². The number of hydrogen-bond acceptors (Lipinski definition) is 3. The maximum atomic E-state index is 12.1. The van der Waals surface area contributed by atoms with Crippen molar-refractivity contribution in [1.29, 1.82) is 0 Å². The lowest BCUT2D eigenvalue weighted by Crippen LogP contribution is -2.34. The van der Waals surface area contributed by atoms with E-state index in [1.165, 1.54) is 0 Å². The van der Waals surface area contributed by atoms with Crippen LogP contribution in [0.5, 0.6) is 11.5 Å². The number of ether oxygens (including phenoxy) is 2. The van der Waals surface area contributed by atoms with Crippen LogP contribution in [0.4, 0.5) is 0 Å². The maximum Gasteiger partial charge on any atom is 0.314 e. The van der Waals surface area contributed by atoms with Crippen LogP contribution in [0.2, 0.25) is 5.02 Å². The predicted octanol–water partition coefficient (Wildman–Crippen LogP) is 4.52. The number of carboxylic acids is 1. The topological polar surface area (TPSA) is 55.8 Å². The Balaban J connectivity index is 2.26. The lowest BCUT2D eigenvalue weighted by molar-refractivity contribution is -0.143. The summed E-state index contributed by atoms with van der Waals surface area (Å²) in [6.45, 7) is 5.25. The molecule has 1 N–H and O–H groups in total. The van der Waals surface area contributed by atoms with Gasteiger partial charge in [-0.1, -0.05) is 38.3 Å². The second kappa shape index (κ2) is 6.23. The molecule has 0 unspecified atom stereocenters. The van der Waals surface area contributed by atoms with Crippen LogP contribution in [-0.2, 0) is 10.2 Å². The van der Waals surface area contributed by atoms with E-state index in [1.807, 2.05) is 6.07 Å². The summed E-state index contributed by atoms with van der Waals surface area (Å²) in [5.41, 5.74) is 0.899. The molecule has 1 heterocycles. The summed E-state index contributed by atoms with van der Waals surface area (Å²) in [6, 6.07) is 1.81. The SMILES string of the molecule is CC(C)c1c(C2(C(=O)O)CCCC2)cc(Cl)c2c1OCCCO2. The molecular weight excluding hydrogens is 316 g/mol. The Morgan fingerprint density at radius 2 is 1.78 bits per heavy atom. The fourth-order valence-corrected chi connectivity index (χ4v) is 4.10. The second-order valence-electron chi connectivity index (χ2n) is 6.78. The number of fused-ring (bicyclic) bond motifs is 1. The Morgan fingerprint density at radius 1 is 1.17 bits per heavy atom. The molecule has 0 bridgehead atoms. The molecule has 5 heteroatoms. The molecule has 3 rings (SSSR count). The van der Waals surface area contributed by atoms with E-state index in [1.54, 1.807) is 0 Å². The van der Waals surface area contributed by atoms with Crippen molar-refractivity contribution >= 4 is 17.6 Å². The van der Waals surface area contributed by atoms with E-state index in [-0.39, 0.29) is 5.92 Å². The van der Waals surface area contributed by atoms with Crippen LogP contribution in [-0.4, -0.2) is 24.3 Å². The van der Waals surface area contributed by atoms with Crippen molar-refractivity contribution in [1.82, 2.24) is 0 Å². The fourth-order valence-electron chi connectivity index (χ4n) is 3.85. The summed E-state index contributed by atoms with van der Waals surface area (Å²) in [5.74, 6) is 0.583. The van der Waals surface area contributed by atoms with E-state index < -0.39 is 11.4 Å². The van der Waals surface area contributed by atoms with Gasteiger partial charge in [-0.25, -0.2) is 0 Å². The smallest absolute Gasteiger partial charge is 0.314 e. The third-order valence-corrected chi connectivity index (χ3v) is 5.25. The summed E-state index contributed by atoms with van der Waals surface area (Å²) in [5, 5.41) is 10.4. The minimum Gasteiger partial charge on any atom is -0.489 e. The monoisotopic (exact) mass is 338 g/mol. The van der Waals surface area contributed by atoms with E-state index in [4.69, 9.17) is 21.1 Å². The third kappa shape index (κ3) is 2.67. The molecule has 4 nitrogen and oxygen atoms in total. The summed E-state index contributed by atoms with van der Waals surface area (Å²) in [7, 11) is 0. The van der Waals surface area contributed by atoms with Crippen LogP contribution in [0.1, 0.15) is 63.0 Å². The van der Waals surface area contributed by atoms with Crippen LogP contribution < -0.4 is 9.47 Å². The zero-order valence-corrected chi connectivity index (χ0v) is 14.4. The highest BCUT2D eigenvalue weighted by molar-refractivity contribution is 6.32. The van der Waals surface area contributed by atoms with Crippen molar-refractivity contribution < 1.29 is 19.4 Å². The molecule has 0 aromatic heterocycles. The third-order valence-electron chi connectivity index (χ3n) is 4.97. The summed E-state index contributed by atoms with van der Waals surface area (Å²) in [6.07, 6.45) is 3.95. The van der Waals surface area contributed by atoms with Crippen LogP contribution in [0.15, 0.2) is 6.07 Å². The number of benzene rings is 1. The standard InChI is InChI=1S/C18H23ClO4/c1-11(2)14-12(18(17(20)21)6-3-4-7-18)10-13(19)15-16(14)23-9-5-8-22-15/h10-11H,3-9H2,1-2H3,(H,20,21). The molecule has 1 saturated carbocycles. The van der Waals surface area contributed by atoms with Crippen molar-refractivity contribution in [3.05, 3.63) is 22.2 Å². The Morgan fingerprint density at radius 3 is 2.35 bits per heavy atom. The van der Waals surface area contributed by atoms with Gasteiger partial charge in [-0.3, -0.25) is 4.79 Å². The van der Waals surface area contributed by atoms with E-state index in [9.17, 15) is 9.90 Å². The molecule has 1 fully saturated rings. The summed E-state index contributed by atoms with van der Waals surface area (Å²) < 4.78 is 11.7. The van der Waals surface area contributed by atoms with Gasteiger partial charge >= 0.3 is 5.97 Å².